The molecule has 1 N–H and O–H groups in total. The highest BCUT2D eigenvalue weighted by Gasteiger charge is 2.11. The Morgan fingerprint density at radius 2 is 2.37 bits per heavy atom. The molecule has 108 valence electrons. The lowest BCUT2D eigenvalue weighted by molar-refractivity contribution is 0.182. The smallest absolute Gasteiger partial charge is 0.287 e. The third kappa shape index (κ3) is 5.04. The van der Waals surface area contributed by atoms with Gasteiger partial charge in [-0.2, -0.15) is 16.9 Å². The molecule has 5 nitrogen and oxygen atoms in total. The Balaban J connectivity index is 2.75. The first-order chi connectivity index (χ1) is 9.10. The van der Waals surface area contributed by atoms with E-state index in [1.54, 1.807) is 25.1 Å². The molecule has 0 fully saturated rings. The molecular weight excluding hydrogens is 286 g/mol. The van der Waals surface area contributed by atoms with Gasteiger partial charge in [-0.15, -0.1) is 0 Å². The molecule has 0 spiro atoms. The van der Waals surface area contributed by atoms with Gasteiger partial charge in [0.05, 0.1) is 25.0 Å². The van der Waals surface area contributed by atoms with E-state index in [1.165, 1.54) is 4.68 Å². The average Bonchev–Trinajstić information content (AvgIpc) is 2.41. The Morgan fingerprint density at radius 3 is 3.00 bits per heavy atom. The number of nitrogens with one attached hydrogen (secondary N) is 1. The van der Waals surface area contributed by atoms with Gasteiger partial charge in [0.15, 0.2) is 0 Å². The van der Waals surface area contributed by atoms with Gasteiger partial charge in [0.2, 0.25) is 0 Å². The van der Waals surface area contributed by atoms with Crippen molar-refractivity contribution in [3.8, 4) is 0 Å². The number of halogens is 1. The summed E-state index contributed by atoms with van der Waals surface area (Å²) in [5.41, 5.74) is 0.301. The van der Waals surface area contributed by atoms with Crippen LogP contribution >= 0.6 is 23.4 Å². The summed E-state index contributed by atoms with van der Waals surface area (Å²) in [7, 11) is 1.58. The molecule has 0 bridgehead atoms. The Bertz CT molecular complexity index is 453. The molecule has 1 heterocycles. The maximum absolute atomic E-state index is 12.0. The second-order valence-electron chi connectivity index (χ2n) is 4.22. The van der Waals surface area contributed by atoms with Gasteiger partial charge in [-0.25, -0.2) is 4.68 Å². The molecule has 1 aromatic heterocycles. The quantitative estimate of drug-likeness (QED) is 0.797. The number of methoxy groups -OCH3 is 1. The third-order valence-electron chi connectivity index (χ3n) is 2.65. The summed E-state index contributed by atoms with van der Waals surface area (Å²) in [4.78, 5) is 12.0. The fourth-order valence-corrected chi connectivity index (χ4v) is 2.33. The van der Waals surface area contributed by atoms with Gasteiger partial charge in [0.25, 0.3) is 5.56 Å². The number of thioether (sulfide) groups is 1. The van der Waals surface area contributed by atoms with E-state index in [9.17, 15) is 4.79 Å². The molecule has 0 aliphatic heterocycles. The van der Waals surface area contributed by atoms with Gasteiger partial charge in [-0.3, -0.25) is 4.79 Å². The first kappa shape index (κ1) is 16.3. The molecule has 0 aliphatic carbocycles. The van der Waals surface area contributed by atoms with E-state index in [4.69, 9.17) is 16.3 Å². The lowest BCUT2D eigenvalue weighted by Crippen LogP contribution is -2.27. The molecule has 1 rings (SSSR count). The Morgan fingerprint density at radius 1 is 1.63 bits per heavy atom. The van der Waals surface area contributed by atoms with Crippen molar-refractivity contribution >= 4 is 29.1 Å². The maximum atomic E-state index is 12.0. The Kier molecular flexibility index (Phi) is 7.27. The van der Waals surface area contributed by atoms with Crippen molar-refractivity contribution in [3.63, 3.8) is 0 Å². The van der Waals surface area contributed by atoms with E-state index in [0.717, 1.165) is 12.2 Å². The monoisotopic (exact) mass is 305 g/mol. The highest BCUT2D eigenvalue weighted by Crippen LogP contribution is 2.17. The topological polar surface area (TPSA) is 56.1 Å². The first-order valence-electron chi connectivity index (χ1n) is 6.10. The van der Waals surface area contributed by atoms with Gasteiger partial charge in [-0.05, 0) is 25.4 Å². The van der Waals surface area contributed by atoms with Crippen LogP contribution < -0.4 is 10.9 Å². The van der Waals surface area contributed by atoms with Crippen LogP contribution in [0.5, 0.6) is 0 Å². The van der Waals surface area contributed by atoms with Gasteiger partial charge in [-0.1, -0.05) is 11.6 Å². The summed E-state index contributed by atoms with van der Waals surface area (Å²) in [6, 6.07) is 0.251. The Hall–Kier alpha value is -0.720. The van der Waals surface area contributed by atoms with Crippen molar-refractivity contribution in [2.75, 3.05) is 31.0 Å². The number of aromatic nitrogens is 2. The van der Waals surface area contributed by atoms with Crippen LogP contribution in [0.1, 0.15) is 13.3 Å². The minimum atomic E-state index is -0.291. The first-order valence-corrected chi connectivity index (χ1v) is 7.87. The highest BCUT2D eigenvalue weighted by molar-refractivity contribution is 7.98. The predicted octanol–water partition coefficient (Wildman–Crippen LogP) is 2.10. The number of ether oxygens (including phenoxy) is 1. The third-order valence-corrected chi connectivity index (χ3v) is 3.66. The predicted molar refractivity (Wildman–Crippen MR) is 81.5 cm³/mol. The van der Waals surface area contributed by atoms with Crippen molar-refractivity contribution in [3.05, 3.63) is 21.6 Å². The van der Waals surface area contributed by atoms with Crippen molar-refractivity contribution in [1.29, 1.82) is 0 Å². The van der Waals surface area contributed by atoms with Crippen LogP contribution in [0.15, 0.2) is 11.0 Å². The van der Waals surface area contributed by atoms with Gasteiger partial charge < -0.3 is 10.1 Å². The lowest BCUT2D eigenvalue weighted by atomic mass is 10.2. The lowest BCUT2D eigenvalue weighted by Gasteiger charge is -2.16. The summed E-state index contributed by atoms with van der Waals surface area (Å²) in [5.74, 6) is 1.06. The number of anilines is 1. The normalized spacial score (nSPS) is 12.4. The van der Waals surface area contributed by atoms with Crippen molar-refractivity contribution < 1.29 is 4.74 Å². The number of nitrogens with zero attached hydrogens (tertiary/aromatic N) is 2. The van der Waals surface area contributed by atoms with Crippen LogP contribution in [-0.4, -0.2) is 41.5 Å². The zero-order valence-corrected chi connectivity index (χ0v) is 13.1. The van der Waals surface area contributed by atoms with Crippen LogP contribution in [0, 0.1) is 0 Å². The summed E-state index contributed by atoms with van der Waals surface area (Å²) in [6.45, 7) is 2.89. The second-order valence-corrected chi connectivity index (χ2v) is 5.58. The molecule has 19 heavy (non-hydrogen) atoms. The van der Waals surface area contributed by atoms with Gasteiger partial charge >= 0.3 is 0 Å². The van der Waals surface area contributed by atoms with Crippen molar-refractivity contribution in [1.82, 2.24) is 9.78 Å². The van der Waals surface area contributed by atoms with Crippen molar-refractivity contribution in [2.24, 2.45) is 0 Å². The molecular formula is C12H20ClN3O2S. The van der Waals surface area contributed by atoms with Crippen LogP contribution in [-0.2, 0) is 11.3 Å². The van der Waals surface area contributed by atoms with Crippen molar-refractivity contribution in [2.45, 2.75) is 25.9 Å². The van der Waals surface area contributed by atoms with Gasteiger partial charge in [0, 0.05) is 13.2 Å². The minimum Gasteiger partial charge on any atom is -0.383 e. The summed E-state index contributed by atoms with van der Waals surface area (Å²) < 4.78 is 6.23. The summed E-state index contributed by atoms with van der Waals surface area (Å²) in [6.07, 6.45) is 4.66. The highest BCUT2D eigenvalue weighted by atomic mass is 35.5. The SMILES string of the molecule is COCCn1ncc(NC(C)CCSC)c(Cl)c1=O. The van der Waals surface area contributed by atoms with Crippen LogP contribution in [0.4, 0.5) is 5.69 Å². The molecule has 0 saturated carbocycles. The molecule has 0 saturated heterocycles. The van der Waals surface area contributed by atoms with E-state index in [0.29, 0.717) is 18.8 Å². The molecule has 7 heteroatoms. The average molecular weight is 306 g/mol. The zero-order chi connectivity index (χ0) is 14.3. The fourth-order valence-electron chi connectivity index (χ4n) is 1.53. The second kappa shape index (κ2) is 8.45. The molecule has 0 radical (unpaired) electrons. The van der Waals surface area contributed by atoms with E-state index in [-0.39, 0.29) is 16.6 Å². The molecule has 1 atom stereocenters. The van der Waals surface area contributed by atoms with E-state index in [1.807, 2.05) is 0 Å². The zero-order valence-electron chi connectivity index (χ0n) is 11.5. The number of hydrogen-bond acceptors (Lipinski definition) is 5. The minimum absolute atomic E-state index is 0.183. The van der Waals surface area contributed by atoms with E-state index >= 15 is 0 Å². The van der Waals surface area contributed by atoms with E-state index in [2.05, 4.69) is 23.6 Å². The Labute approximate surface area is 122 Å². The molecule has 0 amide bonds. The van der Waals surface area contributed by atoms with Crippen LogP contribution in [0.25, 0.3) is 0 Å². The maximum Gasteiger partial charge on any atom is 0.287 e. The fraction of sp³-hybridized carbons (Fsp3) is 0.667. The molecule has 0 aromatic carbocycles. The number of hydrogen-bond donors (Lipinski definition) is 1. The summed E-state index contributed by atoms with van der Waals surface area (Å²) in [5, 5.41) is 7.48. The van der Waals surface area contributed by atoms with Gasteiger partial charge in [0.1, 0.15) is 5.02 Å². The molecule has 1 aromatic rings. The van der Waals surface area contributed by atoms with Crippen LogP contribution in [0.2, 0.25) is 5.02 Å². The van der Waals surface area contributed by atoms with Crippen LogP contribution in [0.3, 0.4) is 0 Å². The largest absolute Gasteiger partial charge is 0.383 e. The standard InChI is InChI=1S/C12H20ClN3O2S/c1-9(4-7-19-3)15-10-8-14-16(5-6-18-2)12(17)11(10)13/h8-9,15H,4-7H2,1-3H3. The molecule has 0 aliphatic rings. The summed E-state index contributed by atoms with van der Waals surface area (Å²) >= 11 is 7.86. The van der Waals surface area contributed by atoms with E-state index < -0.39 is 0 Å². The molecule has 1 unspecified atom stereocenters. The number of rotatable bonds is 8.